The van der Waals surface area contributed by atoms with Gasteiger partial charge in [-0.3, -0.25) is 4.79 Å². The molecular formula is C18H27BrN2O2. The van der Waals surface area contributed by atoms with Gasteiger partial charge in [-0.05, 0) is 66.2 Å². The Hall–Kier alpha value is -1.07. The van der Waals surface area contributed by atoms with E-state index in [-0.39, 0.29) is 11.9 Å². The summed E-state index contributed by atoms with van der Waals surface area (Å²) >= 11 is 3.51. The highest BCUT2D eigenvalue weighted by Gasteiger charge is 2.25. The minimum Gasteiger partial charge on any atom is -0.496 e. The van der Waals surface area contributed by atoms with Gasteiger partial charge in [-0.25, -0.2) is 0 Å². The van der Waals surface area contributed by atoms with Gasteiger partial charge in [0, 0.05) is 18.6 Å². The molecule has 1 aromatic carbocycles. The molecule has 1 aliphatic heterocycles. The lowest BCUT2D eigenvalue weighted by molar-refractivity contribution is -0.134. The predicted octanol–water partition coefficient (Wildman–Crippen LogP) is 3.90. The topological polar surface area (TPSA) is 41.6 Å². The summed E-state index contributed by atoms with van der Waals surface area (Å²) in [7, 11) is 1.66. The number of hydrogen-bond acceptors (Lipinski definition) is 3. The van der Waals surface area contributed by atoms with Gasteiger partial charge in [-0.1, -0.05) is 13.0 Å². The number of benzene rings is 1. The lowest BCUT2D eigenvalue weighted by Gasteiger charge is -2.35. The molecule has 128 valence electrons. The maximum Gasteiger partial charge on any atom is 0.236 e. The number of halogens is 1. The molecule has 0 aromatic heterocycles. The summed E-state index contributed by atoms with van der Waals surface area (Å²) in [6.07, 6.45) is 4.56. The summed E-state index contributed by atoms with van der Waals surface area (Å²) in [5.41, 5.74) is 1.14. The maximum absolute atomic E-state index is 12.5. The molecule has 0 bridgehead atoms. The molecule has 0 aliphatic carbocycles. The van der Waals surface area contributed by atoms with Crippen LogP contribution in [0.4, 0.5) is 0 Å². The quantitative estimate of drug-likeness (QED) is 0.810. The van der Waals surface area contributed by atoms with E-state index in [2.05, 4.69) is 40.0 Å². The average Bonchev–Trinajstić information content (AvgIpc) is 2.59. The third-order valence-electron chi connectivity index (χ3n) is 4.65. The molecule has 1 heterocycles. The summed E-state index contributed by atoms with van der Waals surface area (Å²) in [4.78, 5) is 14.6. The maximum atomic E-state index is 12.5. The molecule has 23 heavy (non-hydrogen) atoms. The zero-order valence-electron chi connectivity index (χ0n) is 14.3. The van der Waals surface area contributed by atoms with Gasteiger partial charge in [0.1, 0.15) is 5.75 Å². The van der Waals surface area contributed by atoms with Crippen molar-refractivity contribution < 1.29 is 9.53 Å². The van der Waals surface area contributed by atoms with Crippen LogP contribution in [0.25, 0.3) is 0 Å². The van der Waals surface area contributed by atoms with Crippen LogP contribution in [0, 0.1) is 0 Å². The Kier molecular flexibility index (Phi) is 6.90. The molecule has 4 nitrogen and oxygen atoms in total. The summed E-state index contributed by atoms with van der Waals surface area (Å²) in [5.74, 6) is 1.03. The number of nitrogens with zero attached hydrogens (tertiary/aromatic N) is 1. The number of carbonyl (C=O) groups excluding carboxylic acids is 1. The van der Waals surface area contributed by atoms with E-state index < -0.39 is 0 Å². The number of nitrogens with one attached hydrogen (secondary N) is 1. The molecule has 1 aliphatic rings. The Labute approximate surface area is 147 Å². The highest BCUT2D eigenvalue weighted by Crippen LogP contribution is 2.28. The Balaban J connectivity index is 1.91. The number of amides is 1. The minimum atomic E-state index is 0.117. The molecule has 0 saturated carbocycles. The highest BCUT2D eigenvalue weighted by molar-refractivity contribution is 9.10. The summed E-state index contributed by atoms with van der Waals surface area (Å²) in [6.45, 7) is 5.54. The third kappa shape index (κ3) is 4.70. The van der Waals surface area contributed by atoms with Gasteiger partial charge in [-0.15, -0.1) is 0 Å². The normalized spacial score (nSPS) is 19.5. The number of likely N-dealkylation sites (tertiary alicyclic amines) is 1. The fraction of sp³-hybridized carbons (Fsp3) is 0.611. The van der Waals surface area contributed by atoms with E-state index in [0.717, 1.165) is 41.6 Å². The van der Waals surface area contributed by atoms with Crippen LogP contribution in [0.3, 0.4) is 0 Å². The van der Waals surface area contributed by atoms with E-state index in [1.54, 1.807) is 7.11 Å². The average molecular weight is 383 g/mol. The smallest absolute Gasteiger partial charge is 0.236 e. The Morgan fingerprint density at radius 3 is 2.91 bits per heavy atom. The van der Waals surface area contributed by atoms with Crippen LogP contribution in [0.15, 0.2) is 22.7 Å². The molecule has 1 fully saturated rings. The van der Waals surface area contributed by atoms with Crippen LogP contribution in [0.1, 0.15) is 51.1 Å². The molecule has 5 heteroatoms. The molecule has 1 amide bonds. The van der Waals surface area contributed by atoms with Crippen molar-refractivity contribution in [3.63, 3.8) is 0 Å². The minimum absolute atomic E-state index is 0.117. The van der Waals surface area contributed by atoms with Crippen LogP contribution in [-0.4, -0.2) is 37.0 Å². The largest absolute Gasteiger partial charge is 0.496 e. The summed E-state index contributed by atoms with van der Waals surface area (Å²) < 4.78 is 6.18. The van der Waals surface area contributed by atoms with Gasteiger partial charge >= 0.3 is 0 Å². The van der Waals surface area contributed by atoms with Gasteiger partial charge in [0.15, 0.2) is 0 Å². The second-order valence-electron chi connectivity index (χ2n) is 6.14. The first kappa shape index (κ1) is 18.3. The third-order valence-corrected chi connectivity index (χ3v) is 5.27. The van der Waals surface area contributed by atoms with Crippen molar-refractivity contribution in [2.75, 3.05) is 20.2 Å². The van der Waals surface area contributed by atoms with Crippen molar-refractivity contribution in [1.29, 1.82) is 0 Å². The van der Waals surface area contributed by atoms with Gasteiger partial charge in [0.25, 0.3) is 0 Å². The van der Waals surface area contributed by atoms with Crippen molar-refractivity contribution >= 4 is 21.8 Å². The number of methoxy groups -OCH3 is 1. The highest BCUT2D eigenvalue weighted by atomic mass is 79.9. The van der Waals surface area contributed by atoms with E-state index in [4.69, 9.17) is 4.74 Å². The van der Waals surface area contributed by atoms with Crippen LogP contribution in [0.2, 0.25) is 0 Å². The lowest BCUT2D eigenvalue weighted by atomic mass is 10.00. The van der Waals surface area contributed by atoms with Crippen molar-refractivity contribution in [3.05, 3.63) is 28.2 Å². The number of ether oxygens (including phenoxy) is 1. The van der Waals surface area contributed by atoms with E-state index >= 15 is 0 Å². The van der Waals surface area contributed by atoms with Crippen LogP contribution < -0.4 is 10.1 Å². The fourth-order valence-corrected chi connectivity index (χ4v) is 3.72. The van der Waals surface area contributed by atoms with E-state index in [1.807, 2.05) is 18.2 Å². The molecule has 0 spiro atoms. The first-order valence-electron chi connectivity index (χ1n) is 8.43. The molecule has 2 unspecified atom stereocenters. The molecule has 1 aromatic rings. The first-order chi connectivity index (χ1) is 11.1. The second-order valence-corrected chi connectivity index (χ2v) is 7.00. The van der Waals surface area contributed by atoms with Crippen LogP contribution in [-0.2, 0) is 4.79 Å². The first-order valence-corrected chi connectivity index (χ1v) is 9.22. The van der Waals surface area contributed by atoms with Gasteiger partial charge in [0.05, 0.1) is 18.1 Å². The molecule has 1 saturated heterocycles. The van der Waals surface area contributed by atoms with Crippen molar-refractivity contribution in [2.24, 2.45) is 0 Å². The van der Waals surface area contributed by atoms with Crippen molar-refractivity contribution in [2.45, 2.75) is 51.6 Å². The molecule has 2 atom stereocenters. The second kappa shape index (κ2) is 8.69. The molecule has 2 rings (SSSR count). The van der Waals surface area contributed by atoms with Crippen molar-refractivity contribution in [3.8, 4) is 5.75 Å². The van der Waals surface area contributed by atoms with E-state index in [9.17, 15) is 4.79 Å². The Morgan fingerprint density at radius 2 is 2.26 bits per heavy atom. The van der Waals surface area contributed by atoms with Crippen LogP contribution in [0.5, 0.6) is 5.75 Å². The number of carbonyl (C=O) groups is 1. The monoisotopic (exact) mass is 382 g/mol. The number of hydrogen-bond donors (Lipinski definition) is 1. The molecular weight excluding hydrogens is 356 g/mol. The summed E-state index contributed by atoms with van der Waals surface area (Å²) in [6, 6.07) is 6.55. The SMILES string of the molecule is CCC1CCCCN1C(=O)CNC(C)c1ccc(OC)c(Br)c1. The van der Waals surface area contributed by atoms with E-state index in [1.165, 1.54) is 6.42 Å². The zero-order valence-corrected chi connectivity index (χ0v) is 15.9. The molecule has 0 radical (unpaired) electrons. The van der Waals surface area contributed by atoms with Crippen LogP contribution >= 0.6 is 15.9 Å². The van der Waals surface area contributed by atoms with Crippen molar-refractivity contribution in [1.82, 2.24) is 10.2 Å². The van der Waals surface area contributed by atoms with Gasteiger partial charge in [-0.2, -0.15) is 0 Å². The molecule has 1 N–H and O–H groups in total. The van der Waals surface area contributed by atoms with Gasteiger partial charge < -0.3 is 15.0 Å². The Morgan fingerprint density at radius 1 is 1.48 bits per heavy atom. The lowest BCUT2D eigenvalue weighted by Crippen LogP contribution is -2.47. The standard InChI is InChI=1S/C18H27BrN2O2/c1-4-15-7-5-6-10-21(15)18(22)12-20-13(2)14-8-9-17(23-3)16(19)11-14/h8-9,11,13,15,20H,4-7,10,12H2,1-3H3. The predicted molar refractivity (Wildman–Crippen MR) is 96.8 cm³/mol. The van der Waals surface area contributed by atoms with E-state index in [0.29, 0.717) is 12.6 Å². The number of piperidine rings is 1. The Bertz CT molecular complexity index is 536. The summed E-state index contributed by atoms with van der Waals surface area (Å²) in [5, 5.41) is 3.35. The van der Waals surface area contributed by atoms with Gasteiger partial charge in [0.2, 0.25) is 5.91 Å². The fourth-order valence-electron chi connectivity index (χ4n) is 3.17. The zero-order chi connectivity index (χ0) is 16.8. The number of rotatable bonds is 6.